The fourth-order valence-corrected chi connectivity index (χ4v) is 4.26. The molecule has 0 aliphatic carbocycles. The highest BCUT2D eigenvalue weighted by Crippen LogP contribution is 2.30. The van der Waals surface area contributed by atoms with Gasteiger partial charge in [-0.3, -0.25) is 4.79 Å². The van der Waals surface area contributed by atoms with E-state index in [-0.39, 0.29) is 22.8 Å². The van der Waals surface area contributed by atoms with Crippen molar-refractivity contribution in [2.45, 2.75) is 11.4 Å². The number of amides is 1. The van der Waals surface area contributed by atoms with Gasteiger partial charge < -0.3 is 0 Å². The predicted molar refractivity (Wildman–Crippen MR) is 91.0 cm³/mol. The highest BCUT2D eigenvalue weighted by atomic mass is 32.2. The van der Waals surface area contributed by atoms with E-state index in [9.17, 15) is 13.2 Å². The maximum Gasteiger partial charge on any atom is 0.269 e. The van der Waals surface area contributed by atoms with Crippen molar-refractivity contribution in [3.05, 3.63) is 78.4 Å². The van der Waals surface area contributed by atoms with E-state index in [0.717, 1.165) is 15.4 Å². The van der Waals surface area contributed by atoms with Crippen molar-refractivity contribution in [1.29, 1.82) is 0 Å². The molecular formula is C18H13N3O3S. The first kappa shape index (κ1) is 15.5. The molecule has 6 nitrogen and oxygen atoms in total. The van der Waals surface area contributed by atoms with Crippen molar-refractivity contribution in [3.63, 3.8) is 0 Å². The summed E-state index contributed by atoms with van der Waals surface area (Å²) in [5, 5.41) is 0. The van der Waals surface area contributed by atoms with Crippen molar-refractivity contribution < 1.29 is 13.2 Å². The van der Waals surface area contributed by atoms with Crippen LogP contribution in [0.15, 0.2) is 71.9 Å². The third-order valence-corrected chi connectivity index (χ3v) is 5.80. The number of nitrogens with zero attached hydrogens (tertiary/aromatic N) is 3. The molecule has 1 aromatic heterocycles. The second-order valence-electron chi connectivity index (χ2n) is 5.57. The number of fused-ring (bicyclic) bond motifs is 1. The summed E-state index contributed by atoms with van der Waals surface area (Å²) in [6.07, 6.45) is 3.25. The molecule has 3 aromatic rings. The van der Waals surface area contributed by atoms with E-state index in [1.165, 1.54) is 12.1 Å². The molecule has 0 radical (unpaired) electrons. The van der Waals surface area contributed by atoms with E-state index >= 15 is 0 Å². The van der Waals surface area contributed by atoms with E-state index < -0.39 is 15.9 Å². The molecule has 0 atom stereocenters. The van der Waals surface area contributed by atoms with Crippen molar-refractivity contribution in [2.24, 2.45) is 0 Å². The molecule has 0 bridgehead atoms. The summed E-state index contributed by atoms with van der Waals surface area (Å²) in [4.78, 5) is 20.8. The number of hydrogen-bond donors (Lipinski definition) is 0. The summed E-state index contributed by atoms with van der Waals surface area (Å²) < 4.78 is 25.9. The number of sulfonamides is 1. The third-order valence-electron chi connectivity index (χ3n) is 4.01. The van der Waals surface area contributed by atoms with Crippen molar-refractivity contribution in [1.82, 2.24) is 14.3 Å². The van der Waals surface area contributed by atoms with Gasteiger partial charge in [-0.05, 0) is 17.7 Å². The van der Waals surface area contributed by atoms with Crippen LogP contribution < -0.4 is 0 Å². The van der Waals surface area contributed by atoms with Gasteiger partial charge in [-0.15, -0.1) is 0 Å². The lowest BCUT2D eigenvalue weighted by Crippen LogP contribution is -2.30. The van der Waals surface area contributed by atoms with Gasteiger partial charge in [0.1, 0.15) is 10.7 Å². The number of hydrogen-bond acceptors (Lipinski definition) is 5. The second kappa shape index (κ2) is 5.78. The van der Waals surface area contributed by atoms with Crippen LogP contribution in [0.1, 0.15) is 16.2 Å². The molecule has 1 aliphatic rings. The topological polar surface area (TPSA) is 80.2 Å². The summed E-state index contributed by atoms with van der Waals surface area (Å²) in [6, 6.07) is 15.8. The zero-order valence-corrected chi connectivity index (χ0v) is 13.8. The number of carbonyl (C=O) groups is 1. The fourth-order valence-electron chi connectivity index (χ4n) is 2.73. The van der Waals surface area contributed by atoms with Gasteiger partial charge in [-0.1, -0.05) is 42.5 Å². The molecule has 4 rings (SSSR count). The van der Waals surface area contributed by atoms with Crippen LogP contribution >= 0.6 is 0 Å². The number of benzene rings is 2. The maximum atomic E-state index is 12.5. The summed E-state index contributed by atoms with van der Waals surface area (Å²) in [5.74, 6) is -0.282. The molecule has 0 fully saturated rings. The molecule has 0 saturated heterocycles. The van der Waals surface area contributed by atoms with Crippen LogP contribution in [0.3, 0.4) is 0 Å². The molecule has 2 heterocycles. The first-order chi connectivity index (χ1) is 12.1. The van der Waals surface area contributed by atoms with E-state index in [1.807, 2.05) is 30.3 Å². The van der Waals surface area contributed by atoms with Crippen LogP contribution in [0.5, 0.6) is 0 Å². The first-order valence-electron chi connectivity index (χ1n) is 7.60. The quantitative estimate of drug-likeness (QED) is 0.724. The number of aromatic nitrogens is 2. The maximum absolute atomic E-state index is 12.5. The normalized spacial score (nSPS) is 15.2. The average molecular weight is 351 g/mol. The molecular weight excluding hydrogens is 338 g/mol. The van der Waals surface area contributed by atoms with Crippen LogP contribution in [-0.4, -0.2) is 28.6 Å². The van der Waals surface area contributed by atoms with Gasteiger partial charge in [0, 0.05) is 18.0 Å². The lowest BCUT2D eigenvalue weighted by molar-refractivity contribution is 0.0862. The Hall–Kier alpha value is -3.06. The highest BCUT2D eigenvalue weighted by Gasteiger charge is 2.41. The highest BCUT2D eigenvalue weighted by molar-refractivity contribution is 7.90. The van der Waals surface area contributed by atoms with Crippen LogP contribution in [0, 0.1) is 0 Å². The van der Waals surface area contributed by atoms with E-state index in [4.69, 9.17) is 0 Å². The second-order valence-corrected chi connectivity index (χ2v) is 7.40. The largest absolute Gasteiger partial charge is 0.269 e. The molecule has 1 aliphatic heterocycles. The minimum Gasteiger partial charge on any atom is -0.268 e. The lowest BCUT2D eigenvalue weighted by Gasteiger charge is -2.14. The van der Waals surface area contributed by atoms with E-state index in [2.05, 4.69) is 9.97 Å². The van der Waals surface area contributed by atoms with Gasteiger partial charge in [-0.2, -0.15) is 0 Å². The van der Waals surface area contributed by atoms with Crippen LogP contribution in [0.25, 0.3) is 11.1 Å². The average Bonchev–Trinajstić information content (AvgIpc) is 2.84. The van der Waals surface area contributed by atoms with Crippen molar-refractivity contribution in [3.8, 4) is 11.1 Å². The SMILES string of the molecule is O=C1c2ccccc2S(=O)(=O)N1Cc1ncc(-c2ccccc2)cn1. The Morgan fingerprint density at radius 3 is 2.16 bits per heavy atom. The predicted octanol–water partition coefficient (Wildman–Crippen LogP) is 2.49. The Kier molecular flexibility index (Phi) is 3.58. The summed E-state index contributed by atoms with van der Waals surface area (Å²) in [5.41, 5.74) is 1.97. The summed E-state index contributed by atoms with van der Waals surface area (Å²) in [7, 11) is -3.85. The van der Waals surface area contributed by atoms with Crippen LogP contribution in [-0.2, 0) is 16.6 Å². The molecule has 0 saturated carbocycles. The molecule has 25 heavy (non-hydrogen) atoms. The molecule has 7 heteroatoms. The Morgan fingerprint density at radius 2 is 1.48 bits per heavy atom. The van der Waals surface area contributed by atoms with Gasteiger partial charge in [0.05, 0.1) is 12.1 Å². The monoisotopic (exact) mass is 351 g/mol. The first-order valence-corrected chi connectivity index (χ1v) is 9.04. The third kappa shape index (κ3) is 2.58. The molecule has 0 unspecified atom stereocenters. The van der Waals surface area contributed by atoms with E-state index in [1.54, 1.807) is 24.5 Å². The minimum atomic E-state index is -3.85. The van der Waals surface area contributed by atoms with Crippen molar-refractivity contribution >= 4 is 15.9 Å². The van der Waals surface area contributed by atoms with Gasteiger partial charge in [0.2, 0.25) is 0 Å². The van der Waals surface area contributed by atoms with Gasteiger partial charge in [0.25, 0.3) is 15.9 Å². The minimum absolute atomic E-state index is 0.0286. The Morgan fingerprint density at radius 1 is 0.840 bits per heavy atom. The van der Waals surface area contributed by atoms with Crippen LogP contribution in [0.4, 0.5) is 0 Å². The lowest BCUT2D eigenvalue weighted by atomic mass is 10.1. The smallest absolute Gasteiger partial charge is 0.268 e. The number of rotatable bonds is 3. The number of carbonyl (C=O) groups excluding carboxylic acids is 1. The molecule has 0 N–H and O–H groups in total. The Labute approximate surface area is 144 Å². The molecule has 1 amide bonds. The van der Waals surface area contributed by atoms with Gasteiger partial charge >= 0.3 is 0 Å². The zero-order chi connectivity index (χ0) is 17.4. The van der Waals surface area contributed by atoms with Crippen LogP contribution in [0.2, 0.25) is 0 Å². The van der Waals surface area contributed by atoms with Gasteiger partial charge in [0.15, 0.2) is 0 Å². The van der Waals surface area contributed by atoms with Gasteiger partial charge in [-0.25, -0.2) is 22.7 Å². The van der Waals surface area contributed by atoms with Crippen molar-refractivity contribution in [2.75, 3.05) is 0 Å². The fraction of sp³-hybridized carbons (Fsp3) is 0.0556. The summed E-state index contributed by atoms with van der Waals surface area (Å²) >= 11 is 0. The molecule has 2 aromatic carbocycles. The zero-order valence-electron chi connectivity index (χ0n) is 13.0. The summed E-state index contributed by atoms with van der Waals surface area (Å²) in [6.45, 7) is -0.190. The Bertz CT molecular complexity index is 1050. The Balaban J connectivity index is 1.62. The van der Waals surface area contributed by atoms with E-state index in [0.29, 0.717) is 0 Å². The molecule has 124 valence electrons. The molecule has 0 spiro atoms. The standard InChI is InChI=1S/C18H13N3O3S/c22-18-15-8-4-5-9-16(15)25(23,24)21(18)12-17-19-10-14(11-20-17)13-6-2-1-3-7-13/h1-11H,12H2.